The van der Waals surface area contributed by atoms with Crippen molar-refractivity contribution in [1.29, 1.82) is 0 Å². The monoisotopic (exact) mass is 337 g/mol. The Morgan fingerprint density at radius 2 is 1.95 bits per heavy atom. The minimum atomic E-state index is -2.00. The number of rotatable bonds is 2. The third-order valence-electron chi connectivity index (χ3n) is 2.89. The molecule has 0 atom stereocenters. The highest BCUT2D eigenvalue weighted by Gasteiger charge is 2.30. The zero-order valence-corrected chi connectivity index (χ0v) is 12.8. The van der Waals surface area contributed by atoms with Gasteiger partial charge in [-0.3, -0.25) is 4.79 Å². The third kappa shape index (κ3) is 3.82. The highest BCUT2D eigenvalue weighted by molar-refractivity contribution is 6.76. The lowest BCUT2D eigenvalue weighted by atomic mass is 10.2. The lowest BCUT2D eigenvalue weighted by Gasteiger charge is -2.30. The van der Waals surface area contributed by atoms with E-state index in [1.54, 1.807) is 12.1 Å². The van der Waals surface area contributed by atoms with Crippen LogP contribution in [0.15, 0.2) is 18.2 Å². The van der Waals surface area contributed by atoms with Gasteiger partial charge in [-0.1, -0.05) is 34.8 Å². The molecule has 0 bridgehead atoms. The fourth-order valence-electron chi connectivity index (χ4n) is 1.93. The largest absolute Gasteiger partial charge is 0.397 e. The van der Waals surface area contributed by atoms with E-state index in [2.05, 4.69) is 10.2 Å². The minimum Gasteiger partial charge on any atom is -0.397 e. The fraction of sp³-hybridized carbons (Fsp3) is 0.417. The number of nitrogen functional groups attached to an aromatic ring is 1. The summed E-state index contributed by atoms with van der Waals surface area (Å²) < 4.78 is 3.29. The zero-order valence-electron chi connectivity index (χ0n) is 10.5. The van der Waals surface area contributed by atoms with Gasteiger partial charge in [-0.25, -0.2) is 0 Å². The van der Waals surface area contributed by atoms with Crippen molar-refractivity contribution in [1.82, 2.24) is 0 Å². The van der Waals surface area contributed by atoms with Gasteiger partial charge in [0.1, 0.15) is 0 Å². The van der Waals surface area contributed by atoms with Crippen LogP contribution in [0.5, 0.6) is 0 Å². The molecule has 110 valence electrons. The van der Waals surface area contributed by atoms with Crippen molar-refractivity contribution in [2.75, 3.05) is 42.3 Å². The Labute approximate surface area is 131 Å². The summed E-state index contributed by atoms with van der Waals surface area (Å²) in [5.41, 5.74) is 7.94. The Morgan fingerprint density at radius 1 is 1.30 bits per heavy atom. The second-order valence-corrected chi connectivity index (χ2v) is 6.61. The van der Waals surface area contributed by atoms with Crippen LogP contribution in [0, 0.1) is 0 Å². The molecule has 1 aromatic rings. The maximum atomic E-state index is 11.6. The summed E-state index contributed by atoms with van der Waals surface area (Å²) in [7, 11) is 0. The summed E-state index contributed by atoms with van der Waals surface area (Å²) in [5.74, 6) is -0.721. The first-order valence-electron chi connectivity index (χ1n) is 5.98. The zero-order chi connectivity index (χ0) is 14.8. The molecular weight excluding hydrogens is 325 g/mol. The summed E-state index contributed by atoms with van der Waals surface area (Å²) >= 11 is 16.5. The van der Waals surface area contributed by atoms with Crippen LogP contribution in [0.2, 0.25) is 0 Å². The number of hydrogen-bond donors (Lipinski definition) is 2. The van der Waals surface area contributed by atoms with Crippen molar-refractivity contribution in [3.05, 3.63) is 18.2 Å². The lowest BCUT2D eigenvalue weighted by molar-refractivity contribution is -0.115. The first-order valence-corrected chi connectivity index (χ1v) is 7.12. The van der Waals surface area contributed by atoms with Crippen LogP contribution in [0.3, 0.4) is 0 Å². The molecule has 0 unspecified atom stereocenters. The number of morpholine rings is 1. The number of carbonyl (C=O) groups is 1. The van der Waals surface area contributed by atoms with Crippen LogP contribution in [-0.2, 0) is 9.53 Å². The maximum Gasteiger partial charge on any atom is 0.276 e. The molecule has 0 saturated carbocycles. The third-order valence-corrected chi connectivity index (χ3v) is 3.41. The Kier molecular flexibility index (Phi) is 4.86. The molecule has 1 aliphatic rings. The number of hydrogen-bond acceptors (Lipinski definition) is 4. The average molecular weight is 339 g/mol. The van der Waals surface area contributed by atoms with E-state index in [1.165, 1.54) is 0 Å². The second-order valence-electron chi connectivity index (χ2n) is 4.32. The molecular formula is C12H14Cl3N3O2. The number of halogens is 3. The van der Waals surface area contributed by atoms with Crippen molar-refractivity contribution in [2.45, 2.75) is 3.79 Å². The van der Waals surface area contributed by atoms with Gasteiger partial charge < -0.3 is 20.7 Å². The number of ether oxygens (including phenoxy) is 1. The van der Waals surface area contributed by atoms with Gasteiger partial charge in [0.15, 0.2) is 0 Å². The number of anilines is 3. The Bertz CT molecular complexity index is 499. The number of nitrogens with two attached hydrogens (primary N) is 1. The van der Waals surface area contributed by atoms with Crippen molar-refractivity contribution < 1.29 is 9.53 Å². The first-order chi connectivity index (χ1) is 9.38. The molecule has 1 aliphatic heterocycles. The molecule has 1 aromatic carbocycles. The maximum absolute atomic E-state index is 11.6. The first kappa shape index (κ1) is 15.5. The van der Waals surface area contributed by atoms with E-state index in [9.17, 15) is 4.79 Å². The molecule has 1 heterocycles. The molecule has 1 amide bonds. The van der Waals surface area contributed by atoms with E-state index in [0.29, 0.717) is 24.6 Å². The summed E-state index contributed by atoms with van der Waals surface area (Å²) in [6.07, 6.45) is 0. The minimum absolute atomic E-state index is 0.482. The highest BCUT2D eigenvalue weighted by Crippen LogP contribution is 2.30. The fourth-order valence-corrected chi connectivity index (χ4v) is 2.07. The van der Waals surface area contributed by atoms with Gasteiger partial charge in [-0.2, -0.15) is 0 Å². The number of carbonyl (C=O) groups excluding carboxylic acids is 1. The van der Waals surface area contributed by atoms with Gasteiger partial charge in [0.25, 0.3) is 9.70 Å². The van der Waals surface area contributed by atoms with Gasteiger partial charge in [-0.05, 0) is 18.2 Å². The van der Waals surface area contributed by atoms with Gasteiger partial charge in [0, 0.05) is 18.8 Å². The normalized spacial score (nSPS) is 16.1. The molecule has 0 spiro atoms. The predicted molar refractivity (Wildman–Crippen MR) is 82.8 cm³/mol. The Balaban J connectivity index is 2.11. The SMILES string of the molecule is Nc1cc(NC(=O)C(Cl)(Cl)Cl)ccc1N1CCOCC1. The van der Waals surface area contributed by atoms with E-state index in [1.807, 2.05) is 6.07 Å². The molecule has 5 nitrogen and oxygen atoms in total. The Morgan fingerprint density at radius 3 is 2.50 bits per heavy atom. The van der Waals surface area contributed by atoms with Gasteiger partial charge in [-0.15, -0.1) is 0 Å². The van der Waals surface area contributed by atoms with E-state index in [-0.39, 0.29) is 0 Å². The van der Waals surface area contributed by atoms with Crippen molar-refractivity contribution in [3.63, 3.8) is 0 Å². The molecule has 0 aliphatic carbocycles. The molecule has 1 saturated heterocycles. The van der Waals surface area contributed by atoms with Crippen LogP contribution in [0.4, 0.5) is 17.1 Å². The highest BCUT2D eigenvalue weighted by atomic mass is 35.6. The summed E-state index contributed by atoms with van der Waals surface area (Å²) in [5, 5.41) is 2.49. The van der Waals surface area contributed by atoms with Gasteiger partial charge in [0.2, 0.25) is 0 Å². The van der Waals surface area contributed by atoms with E-state index in [0.717, 1.165) is 18.8 Å². The van der Waals surface area contributed by atoms with E-state index in [4.69, 9.17) is 45.3 Å². The molecule has 0 aromatic heterocycles. The quantitative estimate of drug-likeness (QED) is 0.642. The van der Waals surface area contributed by atoms with E-state index < -0.39 is 9.70 Å². The average Bonchev–Trinajstić information content (AvgIpc) is 2.38. The molecule has 2 rings (SSSR count). The predicted octanol–water partition coefficient (Wildman–Crippen LogP) is 2.41. The molecule has 20 heavy (non-hydrogen) atoms. The lowest BCUT2D eigenvalue weighted by Crippen LogP contribution is -2.36. The van der Waals surface area contributed by atoms with Crippen LogP contribution >= 0.6 is 34.8 Å². The van der Waals surface area contributed by atoms with Gasteiger partial charge >= 0.3 is 0 Å². The second kappa shape index (κ2) is 6.26. The number of benzene rings is 1. The van der Waals surface area contributed by atoms with Crippen molar-refractivity contribution in [2.24, 2.45) is 0 Å². The van der Waals surface area contributed by atoms with Crippen LogP contribution in [0.25, 0.3) is 0 Å². The molecule has 3 N–H and O–H groups in total. The summed E-state index contributed by atoms with van der Waals surface area (Å²) in [6, 6.07) is 5.18. The van der Waals surface area contributed by atoms with Crippen LogP contribution < -0.4 is 16.0 Å². The van der Waals surface area contributed by atoms with Crippen molar-refractivity contribution >= 4 is 57.8 Å². The molecule has 1 fully saturated rings. The topological polar surface area (TPSA) is 67.6 Å². The van der Waals surface area contributed by atoms with E-state index >= 15 is 0 Å². The number of amides is 1. The number of nitrogens with zero attached hydrogens (tertiary/aromatic N) is 1. The smallest absolute Gasteiger partial charge is 0.276 e. The number of alkyl halides is 3. The number of nitrogens with one attached hydrogen (secondary N) is 1. The van der Waals surface area contributed by atoms with Crippen LogP contribution in [0.1, 0.15) is 0 Å². The Hall–Kier alpha value is -0.880. The molecule has 8 heteroatoms. The summed E-state index contributed by atoms with van der Waals surface area (Å²) in [4.78, 5) is 13.7. The van der Waals surface area contributed by atoms with Gasteiger partial charge in [0.05, 0.1) is 24.6 Å². The van der Waals surface area contributed by atoms with Crippen LogP contribution in [-0.4, -0.2) is 36.0 Å². The molecule has 0 radical (unpaired) electrons. The van der Waals surface area contributed by atoms with Crippen molar-refractivity contribution in [3.8, 4) is 0 Å². The summed E-state index contributed by atoms with van der Waals surface area (Å²) in [6.45, 7) is 2.91. The standard InChI is InChI=1S/C12H14Cl3N3O2/c13-12(14,15)11(19)17-8-1-2-10(9(16)7-8)18-3-5-20-6-4-18/h1-2,7H,3-6,16H2,(H,17,19).